The molecule has 0 saturated carbocycles. The van der Waals surface area contributed by atoms with Gasteiger partial charge in [-0.2, -0.15) is 8.78 Å². The van der Waals surface area contributed by atoms with Crippen molar-refractivity contribution in [2.75, 3.05) is 11.9 Å². The van der Waals surface area contributed by atoms with Crippen molar-refractivity contribution in [1.82, 2.24) is 0 Å². The van der Waals surface area contributed by atoms with Crippen molar-refractivity contribution < 1.29 is 23.5 Å². The third-order valence-electron chi connectivity index (χ3n) is 2.73. The average Bonchev–Trinajstić information content (AvgIpc) is 2.34. The van der Waals surface area contributed by atoms with E-state index in [2.05, 4.69) is 10.1 Å². The van der Waals surface area contributed by atoms with Gasteiger partial charge in [-0.15, -0.1) is 0 Å². The van der Waals surface area contributed by atoms with Gasteiger partial charge in [0.05, 0.1) is 17.6 Å². The van der Waals surface area contributed by atoms with Crippen molar-refractivity contribution in [1.29, 1.82) is 0 Å². The normalized spacial score (nSPS) is 12.6. The van der Waals surface area contributed by atoms with Crippen LogP contribution in [0, 0.1) is 16.0 Å². The van der Waals surface area contributed by atoms with Gasteiger partial charge in [0.2, 0.25) is 5.75 Å². The van der Waals surface area contributed by atoms with Crippen LogP contribution in [0.25, 0.3) is 0 Å². The topological polar surface area (TPSA) is 84.6 Å². The first kappa shape index (κ1) is 16.1. The minimum atomic E-state index is -3.15. The number of ether oxygens (including phenoxy) is 1. The van der Waals surface area contributed by atoms with E-state index in [1.165, 1.54) is 6.07 Å². The standard InChI is InChI=1S/C12H16F2N2O4/c1-7(2)9(6-17)15-8-3-4-10(16(18)19)11(5-8)20-12(13)14/h3-5,7,9,12,15,17H,6H2,1-2H3/t9-/m1/s1. The number of aliphatic hydroxyl groups excluding tert-OH is 1. The number of alkyl halides is 2. The number of hydrogen-bond acceptors (Lipinski definition) is 5. The van der Waals surface area contributed by atoms with E-state index in [-0.39, 0.29) is 18.6 Å². The van der Waals surface area contributed by atoms with Crippen molar-refractivity contribution in [3.8, 4) is 5.75 Å². The smallest absolute Gasteiger partial charge is 0.387 e. The molecule has 0 radical (unpaired) electrons. The highest BCUT2D eigenvalue weighted by atomic mass is 19.3. The van der Waals surface area contributed by atoms with E-state index in [9.17, 15) is 24.0 Å². The molecule has 1 aromatic carbocycles. The van der Waals surface area contributed by atoms with Crippen molar-refractivity contribution in [2.24, 2.45) is 5.92 Å². The predicted molar refractivity (Wildman–Crippen MR) is 69.1 cm³/mol. The van der Waals surface area contributed by atoms with E-state index in [4.69, 9.17) is 0 Å². The lowest BCUT2D eigenvalue weighted by molar-refractivity contribution is -0.386. The number of nitro benzene ring substituents is 1. The Morgan fingerprint density at radius 3 is 2.55 bits per heavy atom. The van der Waals surface area contributed by atoms with E-state index >= 15 is 0 Å². The van der Waals surface area contributed by atoms with Gasteiger partial charge in [-0.25, -0.2) is 0 Å². The lowest BCUT2D eigenvalue weighted by Gasteiger charge is -2.21. The van der Waals surface area contributed by atoms with Crippen LogP contribution in [0.15, 0.2) is 18.2 Å². The monoisotopic (exact) mass is 290 g/mol. The van der Waals surface area contributed by atoms with Gasteiger partial charge in [0.25, 0.3) is 0 Å². The van der Waals surface area contributed by atoms with Crippen molar-refractivity contribution in [2.45, 2.75) is 26.5 Å². The number of rotatable bonds is 7. The predicted octanol–water partition coefficient (Wildman–Crippen LogP) is 2.62. The molecule has 0 fully saturated rings. The fraction of sp³-hybridized carbons (Fsp3) is 0.500. The maximum absolute atomic E-state index is 12.2. The van der Waals surface area contributed by atoms with Crippen LogP contribution < -0.4 is 10.1 Å². The SMILES string of the molecule is CC(C)[C@@H](CO)Nc1ccc([N+](=O)[O-])c(OC(F)F)c1. The first-order chi connectivity index (χ1) is 9.35. The first-order valence-corrected chi connectivity index (χ1v) is 5.95. The fourth-order valence-corrected chi connectivity index (χ4v) is 1.58. The van der Waals surface area contributed by atoms with Crippen LogP contribution in [0.4, 0.5) is 20.2 Å². The summed E-state index contributed by atoms with van der Waals surface area (Å²) in [4.78, 5) is 9.92. The van der Waals surface area contributed by atoms with Crippen LogP contribution in [0.1, 0.15) is 13.8 Å². The molecular formula is C12H16F2N2O4. The largest absolute Gasteiger partial charge is 0.427 e. The number of halogens is 2. The Bertz CT molecular complexity index is 469. The third kappa shape index (κ3) is 4.30. The second-order valence-corrected chi connectivity index (χ2v) is 4.50. The molecule has 1 rings (SSSR count). The van der Waals surface area contributed by atoms with Gasteiger partial charge in [-0.1, -0.05) is 13.8 Å². The molecule has 0 bridgehead atoms. The molecule has 0 aromatic heterocycles. The fourth-order valence-electron chi connectivity index (χ4n) is 1.58. The van der Waals surface area contributed by atoms with Gasteiger partial charge in [0.1, 0.15) is 0 Å². The maximum Gasteiger partial charge on any atom is 0.387 e. The summed E-state index contributed by atoms with van der Waals surface area (Å²) >= 11 is 0. The Labute approximate surface area is 114 Å². The molecule has 0 aliphatic heterocycles. The highest BCUT2D eigenvalue weighted by Gasteiger charge is 2.20. The van der Waals surface area contributed by atoms with E-state index in [1.807, 2.05) is 13.8 Å². The molecule has 1 aromatic rings. The summed E-state index contributed by atoms with van der Waals surface area (Å²) in [7, 11) is 0. The summed E-state index contributed by atoms with van der Waals surface area (Å²) in [6, 6.07) is 3.28. The number of nitrogens with zero attached hydrogens (tertiary/aromatic N) is 1. The van der Waals surface area contributed by atoms with Crippen molar-refractivity contribution in [3.63, 3.8) is 0 Å². The second kappa shape index (κ2) is 6.99. The van der Waals surface area contributed by atoms with Crippen LogP contribution in [0.5, 0.6) is 5.75 Å². The molecule has 20 heavy (non-hydrogen) atoms. The molecule has 8 heteroatoms. The highest BCUT2D eigenvalue weighted by Crippen LogP contribution is 2.31. The number of hydrogen-bond donors (Lipinski definition) is 2. The number of benzene rings is 1. The summed E-state index contributed by atoms with van der Waals surface area (Å²) in [5.41, 5.74) is -0.181. The molecule has 0 aliphatic rings. The van der Waals surface area contributed by atoms with E-state index in [0.29, 0.717) is 5.69 Å². The molecule has 0 amide bonds. The average molecular weight is 290 g/mol. The summed E-state index contributed by atoms with van der Waals surface area (Å²) in [6.07, 6.45) is 0. The molecule has 112 valence electrons. The Kier molecular flexibility index (Phi) is 5.63. The number of aliphatic hydroxyl groups is 1. The number of nitro groups is 1. The number of anilines is 1. The molecule has 0 saturated heterocycles. The van der Waals surface area contributed by atoms with Crippen LogP contribution in [-0.2, 0) is 0 Å². The van der Waals surface area contributed by atoms with Crippen molar-refractivity contribution in [3.05, 3.63) is 28.3 Å². The molecule has 0 aliphatic carbocycles. The van der Waals surface area contributed by atoms with Crippen LogP contribution >= 0.6 is 0 Å². The zero-order valence-corrected chi connectivity index (χ0v) is 11.0. The zero-order valence-electron chi connectivity index (χ0n) is 11.0. The van der Waals surface area contributed by atoms with E-state index < -0.39 is 23.0 Å². The van der Waals surface area contributed by atoms with Gasteiger partial charge in [0, 0.05) is 17.8 Å². The number of nitrogens with one attached hydrogen (secondary N) is 1. The summed E-state index contributed by atoms with van der Waals surface area (Å²) in [6.45, 7) is 0.438. The second-order valence-electron chi connectivity index (χ2n) is 4.50. The Hall–Kier alpha value is -1.96. The Morgan fingerprint density at radius 2 is 2.10 bits per heavy atom. The Morgan fingerprint density at radius 1 is 1.45 bits per heavy atom. The zero-order chi connectivity index (χ0) is 15.3. The maximum atomic E-state index is 12.2. The lowest BCUT2D eigenvalue weighted by Crippen LogP contribution is -2.29. The van der Waals surface area contributed by atoms with Gasteiger partial charge in [-0.3, -0.25) is 10.1 Å². The molecule has 2 N–H and O–H groups in total. The molecule has 1 atom stereocenters. The molecule has 6 nitrogen and oxygen atoms in total. The summed E-state index contributed by atoms with van der Waals surface area (Å²) in [5.74, 6) is -0.426. The molecule has 0 spiro atoms. The van der Waals surface area contributed by atoms with Gasteiger partial charge >= 0.3 is 12.3 Å². The van der Waals surface area contributed by atoms with Gasteiger partial charge in [-0.05, 0) is 12.0 Å². The minimum absolute atomic E-state index is 0.0923. The quantitative estimate of drug-likeness (QED) is 0.595. The van der Waals surface area contributed by atoms with E-state index in [0.717, 1.165) is 12.1 Å². The van der Waals surface area contributed by atoms with Gasteiger partial charge < -0.3 is 15.2 Å². The minimum Gasteiger partial charge on any atom is -0.427 e. The molecule has 0 unspecified atom stereocenters. The van der Waals surface area contributed by atoms with Crippen LogP contribution in [0.2, 0.25) is 0 Å². The Balaban J connectivity index is 3.02. The first-order valence-electron chi connectivity index (χ1n) is 5.95. The summed E-state index contributed by atoms with van der Waals surface area (Å²) < 4.78 is 28.6. The van der Waals surface area contributed by atoms with Crippen molar-refractivity contribution >= 4 is 11.4 Å². The van der Waals surface area contributed by atoms with E-state index in [1.54, 1.807) is 0 Å². The molecule has 0 heterocycles. The summed E-state index contributed by atoms with van der Waals surface area (Å²) in [5, 5.41) is 22.8. The van der Waals surface area contributed by atoms with Crippen LogP contribution in [0.3, 0.4) is 0 Å². The third-order valence-corrected chi connectivity index (χ3v) is 2.73. The lowest BCUT2D eigenvalue weighted by atomic mass is 10.1. The molecular weight excluding hydrogens is 274 g/mol. The highest BCUT2D eigenvalue weighted by molar-refractivity contribution is 5.58. The van der Waals surface area contributed by atoms with Gasteiger partial charge in [0.15, 0.2) is 0 Å². The van der Waals surface area contributed by atoms with Crippen LogP contribution in [-0.4, -0.2) is 29.3 Å².